The lowest BCUT2D eigenvalue weighted by Gasteiger charge is -2.36. The Morgan fingerprint density at radius 2 is 2.10 bits per heavy atom. The molecule has 0 spiro atoms. The van der Waals surface area contributed by atoms with Crippen LogP contribution in [0.1, 0.15) is 18.4 Å². The number of aryl methyl sites for hydroxylation is 1. The normalized spacial score (nSPS) is 32.0. The predicted molar refractivity (Wildman–Crippen MR) is 70.9 cm³/mol. The molecule has 0 bridgehead atoms. The van der Waals surface area contributed by atoms with Crippen molar-refractivity contribution >= 4 is 0 Å². The minimum Gasteiger partial charge on any atom is -0.393 e. The van der Waals surface area contributed by atoms with Crippen molar-refractivity contribution < 1.29 is 25.2 Å². The van der Waals surface area contributed by atoms with E-state index in [-0.39, 0.29) is 13.0 Å². The van der Waals surface area contributed by atoms with Crippen LogP contribution in [0, 0.1) is 0 Å². The predicted octanol–water partition coefficient (Wildman–Crippen LogP) is -0.753. The molecule has 1 aliphatic rings. The second kappa shape index (κ2) is 7.10. The molecule has 6 nitrogen and oxygen atoms in total. The van der Waals surface area contributed by atoms with E-state index in [1.54, 1.807) is 12.4 Å². The summed E-state index contributed by atoms with van der Waals surface area (Å²) in [4.78, 5) is 4.00. The van der Waals surface area contributed by atoms with E-state index >= 15 is 0 Å². The first-order valence-electron chi connectivity index (χ1n) is 6.80. The first-order chi connectivity index (χ1) is 9.58. The van der Waals surface area contributed by atoms with E-state index in [0.29, 0.717) is 12.8 Å². The van der Waals surface area contributed by atoms with E-state index in [1.165, 1.54) is 0 Å². The number of aromatic nitrogens is 1. The number of hydrogen-bond acceptors (Lipinski definition) is 6. The van der Waals surface area contributed by atoms with Crippen molar-refractivity contribution in [2.24, 2.45) is 0 Å². The summed E-state index contributed by atoms with van der Waals surface area (Å²) in [6, 6.07) is 3.78. The third-order valence-corrected chi connectivity index (χ3v) is 3.60. The molecule has 20 heavy (non-hydrogen) atoms. The lowest BCUT2D eigenvalue weighted by molar-refractivity contribution is -0.193. The fourth-order valence-electron chi connectivity index (χ4n) is 2.34. The van der Waals surface area contributed by atoms with Crippen LogP contribution < -0.4 is 0 Å². The molecule has 6 heteroatoms. The number of pyridine rings is 1. The fraction of sp³-hybridized carbons (Fsp3) is 0.643. The molecule has 0 saturated carbocycles. The van der Waals surface area contributed by atoms with Crippen molar-refractivity contribution in [2.75, 3.05) is 6.61 Å². The van der Waals surface area contributed by atoms with Gasteiger partial charge in [0, 0.05) is 18.8 Å². The lowest BCUT2D eigenvalue weighted by Crippen LogP contribution is -2.53. The van der Waals surface area contributed by atoms with Crippen LogP contribution in [-0.2, 0) is 11.2 Å². The number of rotatable bonds is 5. The van der Waals surface area contributed by atoms with Crippen molar-refractivity contribution in [3.8, 4) is 0 Å². The van der Waals surface area contributed by atoms with E-state index in [2.05, 4.69) is 4.98 Å². The van der Waals surface area contributed by atoms with Gasteiger partial charge in [-0.1, -0.05) is 6.07 Å². The molecule has 1 aromatic rings. The maximum atomic E-state index is 9.98. The Labute approximate surface area is 117 Å². The van der Waals surface area contributed by atoms with Crippen molar-refractivity contribution in [1.29, 1.82) is 0 Å². The number of ether oxygens (including phenoxy) is 1. The molecule has 0 amide bonds. The monoisotopic (exact) mass is 283 g/mol. The van der Waals surface area contributed by atoms with Crippen LogP contribution in [-0.4, -0.2) is 62.5 Å². The number of hydrogen-bond donors (Lipinski definition) is 4. The Hall–Kier alpha value is -1.05. The van der Waals surface area contributed by atoms with Crippen LogP contribution in [0.2, 0.25) is 0 Å². The highest BCUT2D eigenvalue weighted by molar-refractivity contribution is 5.08. The minimum atomic E-state index is -1.22. The Bertz CT molecular complexity index is 402. The van der Waals surface area contributed by atoms with Gasteiger partial charge >= 0.3 is 0 Å². The Morgan fingerprint density at radius 1 is 1.30 bits per heavy atom. The third kappa shape index (κ3) is 3.97. The van der Waals surface area contributed by atoms with Crippen molar-refractivity contribution in [2.45, 2.75) is 49.8 Å². The molecular weight excluding hydrogens is 262 g/mol. The molecule has 5 atom stereocenters. The van der Waals surface area contributed by atoms with Gasteiger partial charge in [0.25, 0.3) is 0 Å². The van der Waals surface area contributed by atoms with Crippen LogP contribution in [0.5, 0.6) is 0 Å². The summed E-state index contributed by atoms with van der Waals surface area (Å²) in [5.41, 5.74) is 1.03. The third-order valence-electron chi connectivity index (χ3n) is 3.60. The summed E-state index contributed by atoms with van der Waals surface area (Å²) in [7, 11) is 0. The molecule has 1 aliphatic heterocycles. The van der Waals surface area contributed by atoms with Gasteiger partial charge in [0.15, 0.2) is 0 Å². The highest BCUT2D eigenvalue weighted by atomic mass is 16.5. The van der Waals surface area contributed by atoms with Crippen LogP contribution >= 0.6 is 0 Å². The largest absolute Gasteiger partial charge is 0.393 e. The first-order valence-corrected chi connectivity index (χ1v) is 6.80. The van der Waals surface area contributed by atoms with E-state index in [4.69, 9.17) is 4.74 Å². The zero-order valence-corrected chi connectivity index (χ0v) is 11.2. The van der Waals surface area contributed by atoms with Gasteiger partial charge in [0.2, 0.25) is 0 Å². The Morgan fingerprint density at radius 3 is 2.80 bits per heavy atom. The highest BCUT2D eigenvalue weighted by Gasteiger charge is 2.38. The maximum Gasteiger partial charge on any atom is 0.111 e. The molecule has 2 rings (SSSR count). The molecule has 112 valence electrons. The van der Waals surface area contributed by atoms with Gasteiger partial charge in [-0.05, 0) is 24.5 Å². The van der Waals surface area contributed by atoms with Gasteiger partial charge < -0.3 is 25.2 Å². The van der Waals surface area contributed by atoms with Gasteiger partial charge in [-0.25, -0.2) is 0 Å². The van der Waals surface area contributed by atoms with Crippen molar-refractivity contribution in [1.82, 2.24) is 4.98 Å². The molecule has 1 aromatic heterocycles. The summed E-state index contributed by atoms with van der Waals surface area (Å²) < 4.78 is 5.26. The maximum absolute atomic E-state index is 9.98. The standard InChI is InChI=1S/C14H21NO5/c16-10(4-3-9-2-1-5-15-7-9)6-12-14(19)13(18)11(17)8-20-12/h1-2,5,7,10-14,16-19H,3-4,6,8H2/t10?,11-,12-,13+,14+/m1/s1. The molecule has 1 unspecified atom stereocenters. The highest BCUT2D eigenvalue weighted by Crippen LogP contribution is 2.20. The van der Waals surface area contributed by atoms with Crippen LogP contribution in [0.15, 0.2) is 24.5 Å². The average Bonchev–Trinajstić information content (AvgIpc) is 2.47. The average molecular weight is 283 g/mol. The Kier molecular flexibility index (Phi) is 5.45. The summed E-state index contributed by atoms with van der Waals surface area (Å²) in [5, 5.41) is 38.7. The summed E-state index contributed by atoms with van der Waals surface area (Å²) in [5.74, 6) is 0. The van der Waals surface area contributed by atoms with E-state index in [0.717, 1.165) is 5.56 Å². The zero-order chi connectivity index (χ0) is 14.5. The number of aliphatic hydroxyl groups is 4. The molecule has 0 aliphatic carbocycles. The number of aliphatic hydroxyl groups excluding tert-OH is 4. The van der Waals surface area contributed by atoms with Crippen LogP contribution in [0.3, 0.4) is 0 Å². The summed E-state index contributed by atoms with van der Waals surface area (Å²) in [6.07, 6.45) is 0.109. The molecule has 0 aromatic carbocycles. The smallest absolute Gasteiger partial charge is 0.111 e. The molecule has 1 saturated heterocycles. The van der Waals surface area contributed by atoms with E-state index < -0.39 is 30.5 Å². The van der Waals surface area contributed by atoms with Gasteiger partial charge in [-0.2, -0.15) is 0 Å². The fourth-order valence-corrected chi connectivity index (χ4v) is 2.34. The second-order valence-corrected chi connectivity index (χ2v) is 5.21. The van der Waals surface area contributed by atoms with E-state index in [1.807, 2.05) is 12.1 Å². The summed E-state index contributed by atoms with van der Waals surface area (Å²) in [6.45, 7) is -0.0295. The number of nitrogens with zero attached hydrogens (tertiary/aromatic N) is 1. The topological polar surface area (TPSA) is 103 Å². The minimum absolute atomic E-state index is 0.0295. The quantitative estimate of drug-likeness (QED) is 0.567. The molecule has 1 fully saturated rings. The van der Waals surface area contributed by atoms with Crippen molar-refractivity contribution in [3.05, 3.63) is 30.1 Å². The zero-order valence-electron chi connectivity index (χ0n) is 11.2. The van der Waals surface area contributed by atoms with Crippen LogP contribution in [0.4, 0.5) is 0 Å². The van der Waals surface area contributed by atoms with E-state index in [9.17, 15) is 20.4 Å². The SMILES string of the molecule is OC(CCc1cccnc1)C[C@H]1OC[C@@H](O)[C@H](O)[C@H]1O. The van der Waals surface area contributed by atoms with Gasteiger partial charge in [0.1, 0.15) is 18.3 Å². The van der Waals surface area contributed by atoms with Gasteiger partial charge in [-0.15, -0.1) is 0 Å². The summed E-state index contributed by atoms with van der Waals surface area (Å²) >= 11 is 0. The first kappa shape index (κ1) is 15.3. The molecule has 4 N–H and O–H groups in total. The van der Waals surface area contributed by atoms with Crippen molar-refractivity contribution in [3.63, 3.8) is 0 Å². The second-order valence-electron chi connectivity index (χ2n) is 5.21. The van der Waals surface area contributed by atoms with Gasteiger partial charge in [0.05, 0.1) is 18.8 Å². The molecular formula is C14H21NO5. The molecule has 2 heterocycles. The lowest BCUT2D eigenvalue weighted by atomic mass is 9.94. The Balaban J connectivity index is 1.78. The van der Waals surface area contributed by atoms with Crippen LogP contribution in [0.25, 0.3) is 0 Å². The molecule has 0 radical (unpaired) electrons. The van der Waals surface area contributed by atoms with Gasteiger partial charge in [-0.3, -0.25) is 4.98 Å².